The van der Waals surface area contributed by atoms with E-state index in [4.69, 9.17) is 5.73 Å². The van der Waals surface area contributed by atoms with Crippen LogP contribution in [0.3, 0.4) is 0 Å². The number of H-pyrrole nitrogens is 1. The maximum absolute atomic E-state index is 11.9. The van der Waals surface area contributed by atoms with E-state index < -0.39 is 0 Å². The molecule has 1 aliphatic heterocycles. The number of nitrogens with zero attached hydrogens (tertiary/aromatic N) is 3. The molecule has 2 heterocycles. The van der Waals surface area contributed by atoms with Crippen molar-refractivity contribution in [3.63, 3.8) is 0 Å². The molecule has 15 heavy (non-hydrogen) atoms. The Morgan fingerprint density at radius 2 is 2.47 bits per heavy atom. The van der Waals surface area contributed by atoms with E-state index >= 15 is 0 Å². The summed E-state index contributed by atoms with van der Waals surface area (Å²) in [5, 5.41) is 6.23. The molecule has 2 atom stereocenters. The summed E-state index contributed by atoms with van der Waals surface area (Å²) in [4.78, 5) is 17.5. The van der Waals surface area contributed by atoms with Gasteiger partial charge in [0.05, 0.1) is 0 Å². The third-order valence-corrected chi connectivity index (χ3v) is 2.60. The summed E-state index contributed by atoms with van der Waals surface area (Å²) >= 11 is 0. The van der Waals surface area contributed by atoms with E-state index in [9.17, 15) is 4.79 Å². The van der Waals surface area contributed by atoms with E-state index in [0.717, 1.165) is 13.0 Å². The molecule has 6 nitrogen and oxygen atoms in total. The molecule has 6 heteroatoms. The van der Waals surface area contributed by atoms with Gasteiger partial charge in [-0.2, -0.15) is 5.10 Å². The van der Waals surface area contributed by atoms with Gasteiger partial charge in [-0.1, -0.05) is 6.92 Å². The molecule has 1 amide bonds. The Bertz CT molecular complexity index is 326. The molecule has 0 aromatic carbocycles. The van der Waals surface area contributed by atoms with E-state index in [0.29, 0.717) is 12.5 Å². The first-order valence-electron chi connectivity index (χ1n) is 5.07. The van der Waals surface area contributed by atoms with Crippen molar-refractivity contribution in [3.05, 3.63) is 12.2 Å². The summed E-state index contributed by atoms with van der Waals surface area (Å²) in [5.41, 5.74) is 5.87. The second-order valence-corrected chi connectivity index (χ2v) is 4.15. The summed E-state index contributed by atoms with van der Waals surface area (Å²) in [6.45, 7) is 3.44. The van der Waals surface area contributed by atoms with Gasteiger partial charge in [0.25, 0.3) is 5.91 Å². The van der Waals surface area contributed by atoms with Gasteiger partial charge in [-0.05, 0) is 12.3 Å². The monoisotopic (exact) mass is 209 g/mol. The molecule has 2 unspecified atom stereocenters. The van der Waals surface area contributed by atoms with Crippen molar-refractivity contribution in [3.8, 4) is 0 Å². The normalized spacial score (nSPS) is 26.7. The van der Waals surface area contributed by atoms with Crippen molar-refractivity contribution in [1.82, 2.24) is 20.1 Å². The quantitative estimate of drug-likeness (QED) is 0.659. The highest BCUT2D eigenvalue weighted by molar-refractivity contribution is 5.90. The molecule has 1 aromatic heterocycles. The van der Waals surface area contributed by atoms with Crippen LogP contribution in [0.25, 0.3) is 0 Å². The van der Waals surface area contributed by atoms with E-state index in [1.54, 1.807) is 4.90 Å². The average Bonchev–Trinajstić information content (AvgIpc) is 2.67. The van der Waals surface area contributed by atoms with Crippen molar-refractivity contribution in [2.45, 2.75) is 19.4 Å². The highest BCUT2D eigenvalue weighted by Gasteiger charge is 2.27. The van der Waals surface area contributed by atoms with E-state index in [2.05, 4.69) is 22.1 Å². The second-order valence-electron chi connectivity index (χ2n) is 4.15. The van der Waals surface area contributed by atoms with Gasteiger partial charge in [0.2, 0.25) is 5.82 Å². The lowest BCUT2D eigenvalue weighted by Crippen LogP contribution is -2.49. The molecule has 1 saturated heterocycles. The first-order chi connectivity index (χ1) is 7.16. The molecule has 1 fully saturated rings. The maximum atomic E-state index is 11.9. The largest absolute Gasteiger partial charge is 0.334 e. The molecular weight excluding hydrogens is 194 g/mol. The smallest absolute Gasteiger partial charge is 0.291 e. The van der Waals surface area contributed by atoms with Gasteiger partial charge in [-0.15, -0.1) is 0 Å². The Hall–Kier alpha value is -1.43. The van der Waals surface area contributed by atoms with Gasteiger partial charge in [-0.3, -0.25) is 9.89 Å². The number of amides is 1. The maximum Gasteiger partial charge on any atom is 0.291 e. The fourth-order valence-corrected chi connectivity index (χ4v) is 2.02. The lowest BCUT2D eigenvalue weighted by Gasteiger charge is -2.34. The zero-order valence-corrected chi connectivity index (χ0v) is 8.68. The number of nitrogens with one attached hydrogen (secondary N) is 1. The zero-order valence-electron chi connectivity index (χ0n) is 8.68. The molecule has 0 bridgehead atoms. The predicted molar refractivity (Wildman–Crippen MR) is 54.0 cm³/mol. The SMILES string of the molecule is CC1CC(N)CN(C(=O)c2ncn[nH]2)C1. The third-order valence-electron chi connectivity index (χ3n) is 2.60. The Labute approximate surface area is 87.9 Å². The first-order valence-corrected chi connectivity index (χ1v) is 5.07. The third kappa shape index (κ3) is 2.15. The Morgan fingerprint density at radius 3 is 3.07 bits per heavy atom. The molecule has 82 valence electrons. The number of piperidine rings is 1. The molecule has 0 aliphatic carbocycles. The molecule has 3 N–H and O–H groups in total. The van der Waals surface area contributed by atoms with Crippen LogP contribution < -0.4 is 5.73 Å². The molecular formula is C9H15N5O. The summed E-state index contributed by atoms with van der Waals surface area (Å²) < 4.78 is 0. The average molecular weight is 209 g/mol. The van der Waals surface area contributed by atoms with Crippen molar-refractivity contribution in [1.29, 1.82) is 0 Å². The van der Waals surface area contributed by atoms with E-state index in [-0.39, 0.29) is 17.8 Å². The molecule has 0 spiro atoms. The predicted octanol–water partition coefficient (Wildman–Crippen LogP) is -0.386. The number of aromatic nitrogens is 3. The highest BCUT2D eigenvalue weighted by atomic mass is 16.2. The Morgan fingerprint density at radius 1 is 1.67 bits per heavy atom. The van der Waals surface area contributed by atoms with Gasteiger partial charge in [0.1, 0.15) is 6.33 Å². The van der Waals surface area contributed by atoms with Crippen molar-refractivity contribution in [2.75, 3.05) is 13.1 Å². The van der Waals surface area contributed by atoms with Crippen LogP contribution in [0.5, 0.6) is 0 Å². The van der Waals surface area contributed by atoms with Crippen molar-refractivity contribution in [2.24, 2.45) is 11.7 Å². The number of likely N-dealkylation sites (tertiary alicyclic amines) is 1. The van der Waals surface area contributed by atoms with Gasteiger partial charge in [0.15, 0.2) is 0 Å². The van der Waals surface area contributed by atoms with Crippen molar-refractivity contribution >= 4 is 5.91 Å². The molecule has 0 saturated carbocycles. The summed E-state index contributed by atoms with van der Waals surface area (Å²) in [7, 11) is 0. The minimum absolute atomic E-state index is 0.0700. The Balaban J connectivity index is 2.07. The number of hydrogen-bond donors (Lipinski definition) is 2. The fraction of sp³-hybridized carbons (Fsp3) is 0.667. The number of nitrogens with two attached hydrogens (primary N) is 1. The molecule has 2 rings (SSSR count). The van der Waals surface area contributed by atoms with Gasteiger partial charge < -0.3 is 10.6 Å². The summed E-state index contributed by atoms with van der Waals surface area (Å²) in [6.07, 6.45) is 2.31. The van der Waals surface area contributed by atoms with Crippen LogP contribution in [0.4, 0.5) is 0 Å². The van der Waals surface area contributed by atoms with Crippen LogP contribution in [0, 0.1) is 5.92 Å². The van der Waals surface area contributed by atoms with E-state index in [1.165, 1.54) is 6.33 Å². The van der Waals surface area contributed by atoms with Crippen LogP contribution in [0.2, 0.25) is 0 Å². The van der Waals surface area contributed by atoms with Crippen LogP contribution >= 0.6 is 0 Å². The standard InChI is InChI=1S/C9H15N5O/c1-6-2-7(10)4-14(3-6)9(15)8-11-5-12-13-8/h5-7H,2-4,10H2,1H3,(H,11,12,13). The van der Waals surface area contributed by atoms with Crippen molar-refractivity contribution < 1.29 is 4.79 Å². The lowest BCUT2D eigenvalue weighted by atomic mass is 9.96. The first kappa shape index (κ1) is 10.1. The topological polar surface area (TPSA) is 87.9 Å². The number of aromatic amines is 1. The van der Waals surface area contributed by atoms with Gasteiger partial charge in [0, 0.05) is 19.1 Å². The van der Waals surface area contributed by atoms with Crippen LogP contribution in [-0.4, -0.2) is 45.1 Å². The van der Waals surface area contributed by atoms with Crippen LogP contribution in [-0.2, 0) is 0 Å². The molecule has 1 aromatic rings. The van der Waals surface area contributed by atoms with Crippen LogP contribution in [0.15, 0.2) is 6.33 Å². The molecule has 0 radical (unpaired) electrons. The lowest BCUT2D eigenvalue weighted by molar-refractivity contribution is 0.0649. The Kier molecular flexibility index (Phi) is 2.68. The summed E-state index contributed by atoms with van der Waals surface area (Å²) in [6, 6.07) is 0.0700. The second kappa shape index (κ2) is 3.98. The van der Waals surface area contributed by atoms with Gasteiger partial charge in [-0.25, -0.2) is 4.98 Å². The number of carbonyl (C=O) groups excluding carboxylic acids is 1. The zero-order chi connectivity index (χ0) is 10.8. The summed E-state index contributed by atoms with van der Waals surface area (Å²) in [5.74, 6) is 0.617. The van der Waals surface area contributed by atoms with Gasteiger partial charge >= 0.3 is 0 Å². The minimum Gasteiger partial charge on any atom is -0.334 e. The number of hydrogen-bond acceptors (Lipinski definition) is 4. The number of carbonyl (C=O) groups is 1. The minimum atomic E-state index is -0.116. The van der Waals surface area contributed by atoms with Crippen LogP contribution in [0.1, 0.15) is 24.0 Å². The molecule has 1 aliphatic rings. The fourth-order valence-electron chi connectivity index (χ4n) is 2.02. The number of rotatable bonds is 1. The van der Waals surface area contributed by atoms with E-state index in [1.807, 2.05) is 0 Å². The highest BCUT2D eigenvalue weighted by Crippen LogP contribution is 2.16.